The number of nitrogens with one attached hydrogen (secondary N) is 2. The molecule has 2 amide bonds. The zero-order valence-corrected chi connectivity index (χ0v) is 12.1. The average Bonchev–Trinajstić information content (AvgIpc) is 2.41. The summed E-state index contributed by atoms with van der Waals surface area (Å²) in [7, 11) is 0. The summed E-state index contributed by atoms with van der Waals surface area (Å²) < 4.78 is 1.00. The summed E-state index contributed by atoms with van der Waals surface area (Å²) in [5.41, 5.74) is 1.50. The summed E-state index contributed by atoms with van der Waals surface area (Å²) >= 11 is 3.36. The maximum absolute atomic E-state index is 11.6. The van der Waals surface area contributed by atoms with Gasteiger partial charge in [-0.3, -0.25) is 0 Å². The Morgan fingerprint density at radius 2 is 1.90 bits per heavy atom. The lowest BCUT2D eigenvalue weighted by molar-refractivity contribution is 0.255. The third-order valence-corrected chi connectivity index (χ3v) is 2.99. The molecule has 0 saturated carbocycles. The van der Waals surface area contributed by atoms with Crippen LogP contribution in [0.4, 0.5) is 10.5 Å². The van der Waals surface area contributed by atoms with Gasteiger partial charge >= 0.3 is 6.03 Å². The third kappa shape index (κ3) is 4.44. The monoisotopic (exact) mass is 332 g/mol. The fourth-order valence-corrected chi connectivity index (χ4v) is 1.80. The van der Waals surface area contributed by atoms with Crippen molar-refractivity contribution in [3.8, 4) is 5.75 Å². The van der Waals surface area contributed by atoms with Crippen molar-refractivity contribution in [2.45, 2.75) is 0 Å². The van der Waals surface area contributed by atoms with Crippen LogP contribution in [0.15, 0.2) is 59.2 Å². The molecule has 0 aliphatic carbocycles. The molecule has 0 saturated heterocycles. The molecule has 0 spiro atoms. The van der Waals surface area contributed by atoms with Gasteiger partial charge in [-0.05, 0) is 35.9 Å². The number of benzene rings is 2. The maximum atomic E-state index is 11.6. The predicted molar refractivity (Wildman–Crippen MR) is 83.4 cm³/mol. The van der Waals surface area contributed by atoms with E-state index in [1.807, 2.05) is 24.3 Å². The van der Waals surface area contributed by atoms with E-state index in [-0.39, 0.29) is 11.8 Å². The molecule has 0 radical (unpaired) electrons. The van der Waals surface area contributed by atoms with E-state index in [0.29, 0.717) is 5.69 Å². The quantitative estimate of drug-likeness (QED) is 0.796. The van der Waals surface area contributed by atoms with Crippen molar-refractivity contribution in [3.05, 3.63) is 64.8 Å². The lowest BCUT2D eigenvalue weighted by Gasteiger charge is -2.04. The van der Waals surface area contributed by atoms with Crippen LogP contribution in [0.3, 0.4) is 0 Å². The van der Waals surface area contributed by atoms with Crippen molar-refractivity contribution in [2.24, 2.45) is 0 Å². The number of hydrogen-bond acceptors (Lipinski definition) is 2. The van der Waals surface area contributed by atoms with Gasteiger partial charge in [0.25, 0.3) is 0 Å². The molecular weight excluding hydrogens is 320 g/mol. The number of hydrogen-bond donors (Lipinski definition) is 3. The second kappa shape index (κ2) is 6.77. The number of carbonyl (C=O) groups excluding carboxylic acids is 1. The van der Waals surface area contributed by atoms with E-state index in [9.17, 15) is 9.90 Å². The molecule has 5 heteroatoms. The first-order chi connectivity index (χ1) is 9.63. The maximum Gasteiger partial charge on any atom is 0.323 e. The molecule has 0 aliphatic rings. The van der Waals surface area contributed by atoms with Crippen molar-refractivity contribution >= 4 is 33.7 Å². The van der Waals surface area contributed by atoms with Gasteiger partial charge in [-0.2, -0.15) is 0 Å². The highest BCUT2D eigenvalue weighted by Crippen LogP contribution is 2.15. The van der Waals surface area contributed by atoms with E-state index in [1.54, 1.807) is 24.4 Å². The fraction of sp³-hybridized carbons (Fsp3) is 0. The van der Waals surface area contributed by atoms with Crippen molar-refractivity contribution < 1.29 is 9.90 Å². The van der Waals surface area contributed by atoms with Crippen molar-refractivity contribution in [2.75, 3.05) is 5.32 Å². The average molecular weight is 333 g/mol. The molecule has 0 aliphatic heterocycles. The van der Waals surface area contributed by atoms with Gasteiger partial charge in [-0.15, -0.1) is 0 Å². The van der Waals surface area contributed by atoms with Crippen LogP contribution in [-0.4, -0.2) is 11.1 Å². The number of phenolic OH excluding ortho intramolecular Hbond substituents is 1. The molecule has 0 unspecified atom stereocenters. The van der Waals surface area contributed by atoms with Crippen molar-refractivity contribution in [3.63, 3.8) is 0 Å². The van der Waals surface area contributed by atoms with E-state index >= 15 is 0 Å². The minimum Gasteiger partial charge on any atom is -0.508 e. The Balaban J connectivity index is 1.87. The Kier molecular flexibility index (Phi) is 4.79. The number of anilines is 1. The Hall–Kier alpha value is -2.27. The summed E-state index contributed by atoms with van der Waals surface area (Å²) in [5, 5.41) is 14.5. The van der Waals surface area contributed by atoms with Crippen molar-refractivity contribution in [1.82, 2.24) is 5.32 Å². The molecule has 3 N–H and O–H groups in total. The van der Waals surface area contributed by atoms with Gasteiger partial charge in [0, 0.05) is 22.4 Å². The lowest BCUT2D eigenvalue weighted by atomic mass is 10.2. The molecule has 2 rings (SSSR count). The number of rotatable bonds is 3. The molecule has 2 aromatic rings. The van der Waals surface area contributed by atoms with Gasteiger partial charge in [0.2, 0.25) is 0 Å². The van der Waals surface area contributed by atoms with E-state index < -0.39 is 0 Å². The van der Waals surface area contributed by atoms with Crippen LogP contribution in [0.5, 0.6) is 5.75 Å². The summed E-state index contributed by atoms with van der Waals surface area (Å²) in [5.74, 6) is 0.105. The summed E-state index contributed by atoms with van der Waals surface area (Å²) in [6.45, 7) is 0. The highest BCUT2D eigenvalue weighted by molar-refractivity contribution is 9.10. The molecular formula is C15H13BrN2O2. The zero-order valence-electron chi connectivity index (χ0n) is 10.5. The molecule has 0 aromatic heterocycles. The molecule has 0 atom stereocenters. The molecule has 20 heavy (non-hydrogen) atoms. The van der Waals surface area contributed by atoms with Crippen LogP contribution < -0.4 is 10.6 Å². The van der Waals surface area contributed by atoms with Gasteiger partial charge in [0.1, 0.15) is 5.75 Å². The second-order valence-corrected chi connectivity index (χ2v) is 4.95. The standard InChI is InChI=1S/C15H13BrN2O2/c16-12-6-4-11(5-7-12)8-9-17-15(20)18-13-2-1-3-14(19)10-13/h1-10,19H,(H2,17,18,20)/b9-8+. The highest BCUT2D eigenvalue weighted by Gasteiger charge is 1.99. The van der Waals surface area contributed by atoms with E-state index in [1.165, 1.54) is 12.1 Å². The van der Waals surface area contributed by atoms with Gasteiger partial charge < -0.3 is 15.7 Å². The Labute approximate surface area is 125 Å². The number of amides is 2. The molecule has 4 nitrogen and oxygen atoms in total. The summed E-state index contributed by atoms with van der Waals surface area (Å²) in [4.78, 5) is 11.6. The first-order valence-electron chi connectivity index (χ1n) is 5.92. The SMILES string of the molecule is O=C(N/C=C/c1ccc(Br)cc1)Nc1cccc(O)c1. The van der Waals surface area contributed by atoms with Gasteiger partial charge in [-0.25, -0.2) is 4.79 Å². The van der Waals surface area contributed by atoms with Crippen LogP contribution >= 0.6 is 15.9 Å². The molecule has 0 heterocycles. The van der Waals surface area contributed by atoms with Crippen LogP contribution in [0.25, 0.3) is 6.08 Å². The zero-order chi connectivity index (χ0) is 14.4. The second-order valence-electron chi connectivity index (χ2n) is 4.03. The Bertz CT molecular complexity index is 624. The van der Waals surface area contributed by atoms with Gasteiger partial charge in [-0.1, -0.05) is 34.1 Å². The summed E-state index contributed by atoms with van der Waals surface area (Å²) in [6, 6.07) is 13.7. The number of carbonyl (C=O) groups is 1. The Morgan fingerprint density at radius 3 is 2.60 bits per heavy atom. The van der Waals surface area contributed by atoms with Crippen LogP contribution in [0.1, 0.15) is 5.56 Å². The normalized spacial score (nSPS) is 10.4. The van der Waals surface area contributed by atoms with Crippen LogP contribution in [0.2, 0.25) is 0 Å². The fourth-order valence-electron chi connectivity index (χ4n) is 1.54. The van der Waals surface area contributed by atoms with E-state index in [4.69, 9.17) is 0 Å². The number of aromatic hydroxyl groups is 1. The van der Waals surface area contributed by atoms with Crippen LogP contribution in [0, 0.1) is 0 Å². The Morgan fingerprint density at radius 1 is 1.15 bits per heavy atom. The predicted octanol–water partition coefficient (Wildman–Crippen LogP) is 3.95. The molecule has 0 bridgehead atoms. The minimum absolute atomic E-state index is 0.105. The molecule has 2 aromatic carbocycles. The van der Waals surface area contributed by atoms with Gasteiger partial charge in [0.05, 0.1) is 0 Å². The first kappa shape index (κ1) is 14.1. The van der Waals surface area contributed by atoms with Crippen molar-refractivity contribution in [1.29, 1.82) is 0 Å². The molecule has 102 valence electrons. The molecule has 0 fully saturated rings. The number of urea groups is 1. The van der Waals surface area contributed by atoms with Crippen LogP contribution in [-0.2, 0) is 0 Å². The number of phenols is 1. The first-order valence-corrected chi connectivity index (χ1v) is 6.71. The van der Waals surface area contributed by atoms with E-state index in [2.05, 4.69) is 26.6 Å². The van der Waals surface area contributed by atoms with E-state index in [0.717, 1.165) is 10.0 Å². The largest absolute Gasteiger partial charge is 0.508 e. The minimum atomic E-state index is -0.371. The highest BCUT2D eigenvalue weighted by atomic mass is 79.9. The lowest BCUT2D eigenvalue weighted by Crippen LogP contribution is -2.23. The number of halogens is 1. The third-order valence-electron chi connectivity index (χ3n) is 2.46. The smallest absolute Gasteiger partial charge is 0.323 e. The topological polar surface area (TPSA) is 61.4 Å². The van der Waals surface area contributed by atoms with Gasteiger partial charge in [0.15, 0.2) is 0 Å². The summed E-state index contributed by atoms with van der Waals surface area (Å²) in [6.07, 6.45) is 3.34.